The van der Waals surface area contributed by atoms with Crippen molar-refractivity contribution in [3.05, 3.63) is 145 Å². The molecule has 0 spiro atoms. The number of alkyl halides is 3. The van der Waals surface area contributed by atoms with E-state index in [4.69, 9.17) is 0 Å². The van der Waals surface area contributed by atoms with Crippen LogP contribution in [0.15, 0.2) is 122 Å². The highest BCUT2D eigenvalue weighted by Gasteiger charge is 2.33. The van der Waals surface area contributed by atoms with Crippen LogP contribution in [0.1, 0.15) is 25.2 Å². The number of aromatic nitrogens is 8. The van der Waals surface area contributed by atoms with Crippen LogP contribution in [0.4, 0.5) is 22.0 Å². The van der Waals surface area contributed by atoms with E-state index in [0.717, 1.165) is 11.6 Å². The molecule has 0 amide bonds. The molecule has 6 aromatic heterocycles. The summed E-state index contributed by atoms with van der Waals surface area (Å²) in [5, 5.41) is 10.1. The molecule has 0 saturated carbocycles. The maximum atomic E-state index is 15.2. The molecule has 8 rings (SSSR count). The van der Waals surface area contributed by atoms with E-state index in [-0.39, 0.29) is 17.2 Å². The Kier molecular flexibility index (Phi) is 8.76. The normalized spacial score (nSPS) is 11.8. The van der Waals surface area contributed by atoms with E-state index in [0.29, 0.717) is 45.1 Å². The van der Waals surface area contributed by atoms with Crippen LogP contribution in [-0.4, -0.2) is 43.8 Å². The quantitative estimate of drug-likeness (QED) is 0.179. The van der Waals surface area contributed by atoms with Crippen molar-refractivity contribution in [2.75, 3.05) is 0 Å². The SMILES string of the molecule is CC(C)(O)c1ccn2c(-c3cccc(-c4ccncc4)c3F)cnc2n1.Fc1c(-c2ccncc2)cccc1-c1cnc2nc(C(F)(F)F)ccn12. The molecular formula is C38H27F5N8O. The first-order chi connectivity index (χ1) is 24.9. The van der Waals surface area contributed by atoms with Crippen molar-refractivity contribution in [3.8, 4) is 44.8 Å². The van der Waals surface area contributed by atoms with E-state index < -0.39 is 23.3 Å². The van der Waals surface area contributed by atoms with Crippen molar-refractivity contribution in [2.24, 2.45) is 0 Å². The monoisotopic (exact) mass is 706 g/mol. The third-order valence-corrected chi connectivity index (χ3v) is 8.21. The molecule has 9 nitrogen and oxygen atoms in total. The van der Waals surface area contributed by atoms with E-state index in [9.17, 15) is 18.3 Å². The number of pyridine rings is 2. The molecule has 1 N–H and O–H groups in total. The fraction of sp³-hybridized carbons (Fsp3) is 0.105. The van der Waals surface area contributed by atoms with Gasteiger partial charge in [-0.2, -0.15) is 13.2 Å². The topological polar surface area (TPSA) is 106 Å². The van der Waals surface area contributed by atoms with Crippen molar-refractivity contribution in [3.63, 3.8) is 0 Å². The van der Waals surface area contributed by atoms with Gasteiger partial charge in [-0.3, -0.25) is 18.8 Å². The van der Waals surface area contributed by atoms with Crippen LogP contribution < -0.4 is 0 Å². The Morgan fingerprint density at radius 2 is 0.962 bits per heavy atom. The minimum atomic E-state index is -4.57. The summed E-state index contributed by atoms with van der Waals surface area (Å²) in [6.45, 7) is 3.32. The Labute approximate surface area is 292 Å². The molecule has 0 atom stereocenters. The first-order valence-electron chi connectivity index (χ1n) is 15.8. The Balaban J connectivity index is 0.000000162. The van der Waals surface area contributed by atoms with Gasteiger partial charge in [0.15, 0.2) is 0 Å². The zero-order chi connectivity index (χ0) is 36.6. The Morgan fingerprint density at radius 1 is 0.558 bits per heavy atom. The highest BCUT2D eigenvalue weighted by atomic mass is 19.4. The second-order valence-electron chi connectivity index (χ2n) is 12.1. The average Bonchev–Trinajstić information content (AvgIpc) is 3.76. The largest absolute Gasteiger partial charge is 0.433 e. The summed E-state index contributed by atoms with van der Waals surface area (Å²) in [5.41, 5.74) is 2.22. The average molecular weight is 707 g/mol. The number of nitrogens with zero attached hydrogens (tertiary/aromatic N) is 8. The van der Waals surface area contributed by atoms with Crippen LogP contribution in [0.3, 0.4) is 0 Å². The number of hydrogen-bond donors (Lipinski definition) is 1. The first-order valence-corrected chi connectivity index (χ1v) is 15.8. The predicted octanol–water partition coefficient (Wildman–Crippen LogP) is 8.44. The number of aliphatic hydroxyl groups is 1. The van der Waals surface area contributed by atoms with Crippen LogP contribution in [0.5, 0.6) is 0 Å². The van der Waals surface area contributed by atoms with Gasteiger partial charge in [0, 0.05) is 59.4 Å². The van der Waals surface area contributed by atoms with Gasteiger partial charge in [0.05, 0.1) is 29.5 Å². The van der Waals surface area contributed by atoms with Gasteiger partial charge in [0.1, 0.15) is 22.9 Å². The van der Waals surface area contributed by atoms with Crippen LogP contribution >= 0.6 is 0 Å². The standard InChI is InChI=1S/C20H17FN4O.C18H10F4N4/c1-20(2,26)17-8-11-25-16(12-23-19(25)24-17)15-5-3-4-14(18(15)21)13-6-9-22-10-7-13;19-16-12(11-4-7-23-8-5-11)2-1-3-13(16)14-10-24-17-25-15(18(20,21)22)6-9-26(14)17/h3-12,26H,1-2H3;1-10H. The van der Waals surface area contributed by atoms with Gasteiger partial charge in [-0.15, -0.1) is 0 Å². The summed E-state index contributed by atoms with van der Waals surface area (Å²) in [6, 6.07) is 19.5. The zero-order valence-corrected chi connectivity index (χ0v) is 27.5. The highest BCUT2D eigenvalue weighted by Crippen LogP contribution is 2.34. The second-order valence-corrected chi connectivity index (χ2v) is 12.1. The molecule has 0 aliphatic rings. The molecule has 14 heteroatoms. The molecule has 0 radical (unpaired) electrons. The fourth-order valence-corrected chi connectivity index (χ4v) is 5.61. The highest BCUT2D eigenvalue weighted by molar-refractivity contribution is 5.74. The third-order valence-electron chi connectivity index (χ3n) is 8.21. The van der Waals surface area contributed by atoms with Crippen LogP contribution in [-0.2, 0) is 11.8 Å². The molecule has 52 heavy (non-hydrogen) atoms. The predicted molar refractivity (Wildman–Crippen MR) is 183 cm³/mol. The van der Waals surface area contributed by atoms with Crippen molar-refractivity contribution >= 4 is 11.6 Å². The molecule has 0 aliphatic carbocycles. The molecule has 6 heterocycles. The lowest BCUT2D eigenvalue weighted by molar-refractivity contribution is -0.141. The van der Waals surface area contributed by atoms with E-state index in [1.807, 2.05) is 6.07 Å². The molecule has 0 aliphatic heterocycles. The van der Waals surface area contributed by atoms with Crippen molar-refractivity contribution < 1.29 is 27.1 Å². The fourth-order valence-electron chi connectivity index (χ4n) is 5.61. The third kappa shape index (κ3) is 6.58. The maximum absolute atomic E-state index is 15.2. The van der Waals surface area contributed by atoms with Crippen LogP contribution in [0.2, 0.25) is 0 Å². The summed E-state index contributed by atoms with van der Waals surface area (Å²) >= 11 is 0. The Bertz CT molecular complexity index is 2350. The lowest BCUT2D eigenvalue weighted by Crippen LogP contribution is -2.18. The number of halogens is 5. The Morgan fingerprint density at radius 3 is 1.38 bits per heavy atom. The summed E-state index contributed by atoms with van der Waals surface area (Å²) in [4.78, 5) is 23.9. The zero-order valence-electron chi connectivity index (χ0n) is 27.5. The Hall–Kier alpha value is -6.41. The molecule has 0 bridgehead atoms. The van der Waals surface area contributed by atoms with Gasteiger partial charge in [-0.1, -0.05) is 24.3 Å². The number of imidazole rings is 2. The molecule has 0 unspecified atom stereocenters. The van der Waals surface area contributed by atoms with E-state index in [2.05, 4.69) is 29.9 Å². The summed E-state index contributed by atoms with van der Waals surface area (Å²) in [7, 11) is 0. The van der Waals surface area contributed by atoms with Crippen LogP contribution in [0, 0.1) is 11.6 Å². The summed E-state index contributed by atoms with van der Waals surface area (Å²) in [5.74, 6) is -0.565. The van der Waals surface area contributed by atoms with Gasteiger partial charge in [0.2, 0.25) is 11.6 Å². The number of rotatable bonds is 5. The number of hydrogen-bond acceptors (Lipinski definition) is 7. The van der Waals surface area contributed by atoms with Gasteiger partial charge in [0.25, 0.3) is 0 Å². The van der Waals surface area contributed by atoms with Gasteiger partial charge < -0.3 is 5.11 Å². The van der Waals surface area contributed by atoms with Crippen LogP contribution in [0.25, 0.3) is 56.3 Å². The van der Waals surface area contributed by atoms with Crippen molar-refractivity contribution in [1.82, 2.24) is 38.7 Å². The molecule has 8 aromatic rings. The lowest BCUT2D eigenvalue weighted by atomic mass is 10.0. The minimum absolute atomic E-state index is 0.150. The van der Waals surface area contributed by atoms with E-state index >= 15 is 8.78 Å². The summed E-state index contributed by atoms with van der Waals surface area (Å²) < 4.78 is 71.6. The first kappa shape index (κ1) is 34.1. The summed E-state index contributed by atoms with van der Waals surface area (Å²) in [6.07, 6.45) is 7.64. The van der Waals surface area contributed by atoms with E-state index in [1.54, 1.807) is 116 Å². The van der Waals surface area contributed by atoms with Crippen molar-refractivity contribution in [2.45, 2.75) is 25.6 Å². The minimum Gasteiger partial charge on any atom is -0.384 e. The lowest BCUT2D eigenvalue weighted by Gasteiger charge is -2.16. The second kappa shape index (κ2) is 13.4. The molecule has 260 valence electrons. The number of fused-ring (bicyclic) bond motifs is 2. The molecule has 0 fully saturated rings. The van der Waals surface area contributed by atoms with Gasteiger partial charge in [-0.25, -0.2) is 28.7 Å². The van der Waals surface area contributed by atoms with Gasteiger partial charge >= 0.3 is 6.18 Å². The van der Waals surface area contributed by atoms with Crippen molar-refractivity contribution in [1.29, 1.82) is 0 Å². The molecule has 2 aromatic carbocycles. The molecule has 0 saturated heterocycles. The van der Waals surface area contributed by atoms with E-state index in [1.165, 1.54) is 16.8 Å². The smallest absolute Gasteiger partial charge is 0.384 e. The number of benzene rings is 2. The maximum Gasteiger partial charge on any atom is 0.433 e. The molecular weight excluding hydrogens is 679 g/mol. The van der Waals surface area contributed by atoms with Gasteiger partial charge in [-0.05, 0) is 73.5 Å².